The van der Waals surface area contributed by atoms with Gasteiger partial charge >= 0.3 is 0 Å². The van der Waals surface area contributed by atoms with Crippen LogP contribution in [-0.4, -0.2) is 51.3 Å². The Morgan fingerprint density at radius 2 is 1.73 bits per heavy atom. The van der Waals surface area contributed by atoms with Crippen LogP contribution < -0.4 is 14.8 Å². The van der Waals surface area contributed by atoms with E-state index in [-0.39, 0.29) is 5.91 Å². The van der Waals surface area contributed by atoms with Gasteiger partial charge in [-0.25, -0.2) is 0 Å². The molecule has 0 bridgehead atoms. The van der Waals surface area contributed by atoms with Gasteiger partial charge in [-0.2, -0.15) is 0 Å². The third-order valence-electron chi connectivity index (χ3n) is 4.37. The first-order chi connectivity index (χ1) is 12.7. The van der Waals surface area contributed by atoms with E-state index in [0.717, 1.165) is 32.8 Å². The lowest BCUT2D eigenvalue weighted by molar-refractivity contribution is 0.0342. The maximum absolute atomic E-state index is 12.5. The standard InChI is InChI=1S/C20H24N2O4/c1-24-18-8-7-17(13-19(18)25-2)21-20(23)16-5-3-15(4-6-16)14-22-9-11-26-12-10-22/h3-8,13H,9-12,14H2,1-2H3,(H,21,23). The number of amides is 1. The van der Waals surface area contributed by atoms with Crippen molar-refractivity contribution in [3.63, 3.8) is 0 Å². The van der Waals surface area contributed by atoms with Gasteiger partial charge in [0.1, 0.15) is 0 Å². The summed E-state index contributed by atoms with van der Waals surface area (Å²) in [5.41, 5.74) is 2.46. The SMILES string of the molecule is COc1ccc(NC(=O)c2ccc(CN3CCOCC3)cc2)cc1OC. The highest BCUT2D eigenvalue weighted by Crippen LogP contribution is 2.29. The monoisotopic (exact) mass is 356 g/mol. The molecule has 1 amide bonds. The zero-order chi connectivity index (χ0) is 18.4. The van der Waals surface area contributed by atoms with Gasteiger partial charge in [0.05, 0.1) is 27.4 Å². The fourth-order valence-corrected chi connectivity index (χ4v) is 2.90. The lowest BCUT2D eigenvalue weighted by Gasteiger charge is -2.26. The molecule has 1 aliphatic rings. The Bertz CT molecular complexity index is 740. The van der Waals surface area contributed by atoms with Crippen molar-refractivity contribution in [2.75, 3.05) is 45.8 Å². The van der Waals surface area contributed by atoms with E-state index in [9.17, 15) is 4.79 Å². The molecule has 6 nitrogen and oxygen atoms in total. The van der Waals surface area contributed by atoms with Gasteiger partial charge in [-0.05, 0) is 29.8 Å². The molecule has 1 N–H and O–H groups in total. The Labute approximate surface area is 153 Å². The van der Waals surface area contributed by atoms with Gasteiger partial charge in [0.15, 0.2) is 11.5 Å². The largest absolute Gasteiger partial charge is 0.493 e. The summed E-state index contributed by atoms with van der Waals surface area (Å²) in [7, 11) is 3.14. The van der Waals surface area contributed by atoms with Crippen molar-refractivity contribution in [3.8, 4) is 11.5 Å². The predicted molar refractivity (Wildman–Crippen MR) is 100 cm³/mol. The summed E-state index contributed by atoms with van der Waals surface area (Å²) in [4.78, 5) is 14.8. The number of carbonyl (C=O) groups excluding carboxylic acids is 1. The maximum Gasteiger partial charge on any atom is 0.255 e. The molecule has 1 aliphatic heterocycles. The molecule has 1 fully saturated rings. The van der Waals surface area contributed by atoms with E-state index in [1.54, 1.807) is 32.4 Å². The quantitative estimate of drug-likeness (QED) is 0.862. The van der Waals surface area contributed by atoms with E-state index in [1.807, 2.05) is 24.3 Å². The first kappa shape index (κ1) is 18.2. The minimum absolute atomic E-state index is 0.157. The molecule has 0 unspecified atom stereocenters. The van der Waals surface area contributed by atoms with Gasteiger partial charge in [-0.1, -0.05) is 12.1 Å². The average molecular weight is 356 g/mol. The topological polar surface area (TPSA) is 60.0 Å². The van der Waals surface area contributed by atoms with Crippen LogP contribution in [-0.2, 0) is 11.3 Å². The van der Waals surface area contributed by atoms with Crippen LogP contribution in [0.1, 0.15) is 15.9 Å². The van der Waals surface area contributed by atoms with Crippen molar-refractivity contribution in [1.29, 1.82) is 0 Å². The lowest BCUT2D eigenvalue weighted by Crippen LogP contribution is -2.35. The Morgan fingerprint density at radius 3 is 2.38 bits per heavy atom. The molecule has 26 heavy (non-hydrogen) atoms. The highest BCUT2D eigenvalue weighted by Gasteiger charge is 2.12. The Kier molecular flexibility index (Phi) is 6.09. The number of ether oxygens (including phenoxy) is 3. The molecule has 0 spiro atoms. The summed E-state index contributed by atoms with van der Waals surface area (Å²) in [5, 5.41) is 2.88. The van der Waals surface area contributed by atoms with Crippen LogP contribution in [0.25, 0.3) is 0 Å². The van der Waals surface area contributed by atoms with E-state index in [0.29, 0.717) is 22.7 Å². The highest BCUT2D eigenvalue weighted by atomic mass is 16.5. The molecule has 1 saturated heterocycles. The second-order valence-electron chi connectivity index (χ2n) is 6.11. The molecule has 0 atom stereocenters. The number of benzene rings is 2. The molecular formula is C20H24N2O4. The summed E-state index contributed by atoms with van der Waals surface area (Å²) in [6.07, 6.45) is 0. The van der Waals surface area contributed by atoms with E-state index >= 15 is 0 Å². The van der Waals surface area contributed by atoms with Crippen molar-refractivity contribution in [2.45, 2.75) is 6.54 Å². The number of morpholine rings is 1. The molecule has 6 heteroatoms. The average Bonchev–Trinajstić information content (AvgIpc) is 2.69. The molecule has 0 aliphatic carbocycles. The zero-order valence-electron chi connectivity index (χ0n) is 15.2. The molecular weight excluding hydrogens is 332 g/mol. The van der Waals surface area contributed by atoms with Crippen molar-refractivity contribution in [3.05, 3.63) is 53.6 Å². The number of hydrogen-bond donors (Lipinski definition) is 1. The molecule has 2 aromatic carbocycles. The third kappa shape index (κ3) is 4.53. The zero-order valence-corrected chi connectivity index (χ0v) is 15.2. The van der Waals surface area contributed by atoms with Crippen LogP contribution in [0.3, 0.4) is 0 Å². The summed E-state index contributed by atoms with van der Waals surface area (Å²) in [6.45, 7) is 4.33. The van der Waals surface area contributed by atoms with Crippen LogP contribution in [0.15, 0.2) is 42.5 Å². The van der Waals surface area contributed by atoms with Crippen LogP contribution in [0.2, 0.25) is 0 Å². The minimum atomic E-state index is -0.157. The van der Waals surface area contributed by atoms with Gasteiger partial charge in [-0.3, -0.25) is 9.69 Å². The van der Waals surface area contributed by atoms with E-state index in [2.05, 4.69) is 10.2 Å². The van der Waals surface area contributed by atoms with Crippen LogP contribution >= 0.6 is 0 Å². The van der Waals surface area contributed by atoms with Crippen molar-refractivity contribution in [2.24, 2.45) is 0 Å². The Balaban J connectivity index is 1.62. The van der Waals surface area contributed by atoms with Crippen LogP contribution in [0.5, 0.6) is 11.5 Å². The van der Waals surface area contributed by atoms with Crippen LogP contribution in [0, 0.1) is 0 Å². The van der Waals surface area contributed by atoms with Gasteiger partial charge < -0.3 is 19.5 Å². The third-order valence-corrected chi connectivity index (χ3v) is 4.37. The number of hydrogen-bond acceptors (Lipinski definition) is 5. The van der Waals surface area contributed by atoms with Gasteiger partial charge in [-0.15, -0.1) is 0 Å². The van der Waals surface area contributed by atoms with E-state index in [1.165, 1.54) is 5.56 Å². The predicted octanol–water partition coefficient (Wildman–Crippen LogP) is 2.79. The second-order valence-corrected chi connectivity index (χ2v) is 6.11. The molecule has 0 radical (unpaired) electrons. The lowest BCUT2D eigenvalue weighted by atomic mass is 10.1. The summed E-state index contributed by atoms with van der Waals surface area (Å²) in [5.74, 6) is 1.04. The Morgan fingerprint density at radius 1 is 1.04 bits per heavy atom. The molecule has 0 aromatic heterocycles. The first-order valence-corrected chi connectivity index (χ1v) is 8.62. The second kappa shape index (κ2) is 8.69. The summed E-state index contributed by atoms with van der Waals surface area (Å²) >= 11 is 0. The molecule has 0 saturated carbocycles. The smallest absolute Gasteiger partial charge is 0.255 e. The Hall–Kier alpha value is -2.57. The summed E-state index contributed by atoms with van der Waals surface area (Å²) < 4.78 is 15.8. The fourth-order valence-electron chi connectivity index (χ4n) is 2.90. The van der Waals surface area contributed by atoms with Gasteiger partial charge in [0.2, 0.25) is 0 Å². The van der Waals surface area contributed by atoms with Crippen molar-refractivity contribution >= 4 is 11.6 Å². The first-order valence-electron chi connectivity index (χ1n) is 8.62. The van der Waals surface area contributed by atoms with Crippen molar-refractivity contribution < 1.29 is 19.0 Å². The molecule has 1 heterocycles. The molecule has 3 rings (SSSR count). The molecule has 2 aromatic rings. The van der Waals surface area contributed by atoms with Crippen molar-refractivity contribution in [1.82, 2.24) is 4.90 Å². The maximum atomic E-state index is 12.5. The van der Waals surface area contributed by atoms with Crippen LogP contribution in [0.4, 0.5) is 5.69 Å². The number of nitrogens with one attached hydrogen (secondary N) is 1. The van der Waals surface area contributed by atoms with E-state index < -0.39 is 0 Å². The number of nitrogens with zero attached hydrogens (tertiary/aromatic N) is 1. The number of carbonyl (C=O) groups is 1. The number of anilines is 1. The minimum Gasteiger partial charge on any atom is -0.493 e. The van der Waals surface area contributed by atoms with Gasteiger partial charge in [0.25, 0.3) is 5.91 Å². The number of methoxy groups -OCH3 is 2. The fraction of sp³-hybridized carbons (Fsp3) is 0.350. The highest BCUT2D eigenvalue weighted by molar-refractivity contribution is 6.04. The van der Waals surface area contributed by atoms with Gasteiger partial charge in [0, 0.05) is 37.0 Å². The molecule has 138 valence electrons. The number of rotatable bonds is 6. The summed E-state index contributed by atoms with van der Waals surface area (Å²) in [6, 6.07) is 13.0. The van der Waals surface area contributed by atoms with E-state index in [4.69, 9.17) is 14.2 Å². The normalized spacial score (nSPS) is 14.7.